The zero-order chi connectivity index (χ0) is 25.2. The fraction of sp³-hybridized carbons (Fsp3) is 0.231. The minimum absolute atomic E-state index is 0.00884. The standard InChI is InChI=1S/C26H22F4N2O3/c27-20-9-19(10-22(34)11-20)26(12-16-4-2-1-3-5-16,18-6-7-23(28)17(8-18)15-33)32-24(35)31-21-13-25(29,30)14-21/h1-11,15,21,34H,12-14H2,(H2,31,32,35)/t26-/m1/s1. The van der Waals surface area contributed by atoms with Crippen LogP contribution in [0.5, 0.6) is 5.75 Å². The number of nitrogens with one attached hydrogen (secondary N) is 2. The Labute approximate surface area is 198 Å². The SMILES string of the molecule is O=Cc1cc([C@@](Cc2ccccc2)(NC(=O)NC2CC(F)(F)C2)c2cc(O)cc(F)c2)ccc1F. The maximum absolute atomic E-state index is 14.4. The monoisotopic (exact) mass is 486 g/mol. The Morgan fingerprint density at radius 2 is 1.74 bits per heavy atom. The van der Waals surface area contributed by atoms with E-state index in [2.05, 4.69) is 10.6 Å². The fourth-order valence-electron chi connectivity index (χ4n) is 4.36. The Morgan fingerprint density at radius 1 is 1.03 bits per heavy atom. The number of urea groups is 1. The van der Waals surface area contributed by atoms with Gasteiger partial charge in [-0.2, -0.15) is 0 Å². The highest BCUT2D eigenvalue weighted by atomic mass is 19.3. The van der Waals surface area contributed by atoms with Crippen molar-refractivity contribution in [3.63, 3.8) is 0 Å². The first-order valence-corrected chi connectivity index (χ1v) is 10.9. The van der Waals surface area contributed by atoms with Gasteiger partial charge in [-0.3, -0.25) is 4.79 Å². The molecule has 0 radical (unpaired) electrons. The zero-order valence-electron chi connectivity index (χ0n) is 18.4. The number of amides is 2. The van der Waals surface area contributed by atoms with Crippen molar-refractivity contribution < 1.29 is 32.3 Å². The van der Waals surface area contributed by atoms with Crippen molar-refractivity contribution in [2.45, 2.75) is 36.8 Å². The summed E-state index contributed by atoms with van der Waals surface area (Å²) in [5.41, 5.74) is -0.881. The average Bonchev–Trinajstić information content (AvgIpc) is 2.77. The third-order valence-corrected chi connectivity index (χ3v) is 6.06. The van der Waals surface area contributed by atoms with E-state index in [0.717, 1.165) is 18.2 Å². The first kappa shape index (κ1) is 24.3. The second-order valence-corrected chi connectivity index (χ2v) is 8.68. The van der Waals surface area contributed by atoms with Crippen LogP contribution in [0.2, 0.25) is 0 Å². The Balaban J connectivity index is 1.85. The van der Waals surface area contributed by atoms with Gasteiger partial charge in [0.2, 0.25) is 0 Å². The first-order valence-electron chi connectivity index (χ1n) is 10.9. The minimum atomic E-state index is -2.86. The molecule has 1 atom stereocenters. The third kappa shape index (κ3) is 5.29. The first-order chi connectivity index (χ1) is 16.6. The summed E-state index contributed by atoms with van der Waals surface area (Å²) in [4.78, 5) is 24.5. The van der Waals surface area contributed by atoms with Gasteiger partial charge >= 0.3 is 6.03 Å². The molecule has 3 aromatic rings. The molecule has 3 N–H and O–H groups in total. The van der Waals surface area contributed by atoms with Crippen molar-refractivity contribution in [1.29, 1.82) is 0 Å². The largest absolute Gasteiger partial charge is 0.508 e. The molecule has 9 heteroatoms. The molecule has 35 heavy (non-hydrogen) atoms. The van der Waals surface area contributed by atoms with Gasteiger partial charge in [-0.25, -0.2) is 22.4 Å². The van der Waals surface area contributed by atoms with Crippen molar-refractivity contribution in [1.82, 2.24) is 10.6 Å². The topological polar surface area (TPSA) is 78.4 Å². The summed E-state index contributed by atoms with van der Waals surface area (Å²) < 4.78 is 55.2. The normalized spacial score (nSPS) is 16.6. The number of carbonyl (C=O) groups is 2. The van der Waals surface area contributed by atoms with Crippen molar-refractivity contribution in [3.8, 4) is 5.75 Å². The van der Waals surface area contributed by atoms with Gasteiger partial charge in [0.05, 0.1) is 11.1 Å². The smallest absolute Gasteiger partial charge is 0.315 e. The van der Waals surface area contributed by atoms with Gasteiger partial charge in [0, 0.05) is 31.4 Å². The molecule has 182 valence electrons. The predicted octanol–water partition coefficient (Wildman–Crippen LogP) is 5.07. The Bertz CT molecular complexity index is 1220. The van der Waals surface area contributed by atoms with Crippen LogP contribution in [0.15, 0.2) is 66.7 Å². The molecule has 2 amide bonds. The summed E-state index contributed by atoms with van der Waals surface area (Å²) in [5.74, 6) is -4.86. The van der Waals surface area contributed by atoms with E-state index in [1.165, 1.54) is 18.2 Å². The van der Waals surface area contributed by atoms with Gasteiger partial charge in [-0.15, -0.1) is 0 Å². The number of hydrogen-bond acceptors (Lipinski definition) is 3. The van der Waals surface area contributed by atoms with Gasteiger partial charge < -0.3 is 15.7 Å². The van der Waals surface area contributed by atoms with Crippen LogP contribution < -0.4 is 10.6 Å². The summed E-state index contributed by atoms with van der Waals surface area (Å²) in [6.07, 6.45) is -0.710. The molecule has 4 rings (SSSR count). The highest BCUT2D eigenvalue weighted by Crippen LogP contribution is 2.39. The van der Waals surface area contributed by atoms with Crippen molar-refractivity contribution in [2.75, 3.05) is 0 Å². The van der Waals surface area contributed by atoms with E-state index >= 15 is 0 Å². The van der Waals surface area contributed by atoms with Crippen molar-refractivity contribution in [3.05, 3.63) is 101 Å². The van der Waals surface area contributed by atoms with Crippen LogP contribution in [-0.2, 0) is 12.0 Å². The number of halogens is 4. The van der Waals surface area contributed by atoms with Crippen LogP contribution in [0.3, 0.4) is 0 Å². The van der Waals surface area contributed by atoms with E-state index < -0.39 is 53.8 Å². The van der Waals surface area contributed by atoms with Crippen LogP contribution in [-0.4, -0.2) is 29.4 Å². The number of benzene rings is 3. The molecule has 5 nitrogen and oxygen atoms in total. The molecule has 3 aromatic carbocycles. The molecular formula is C26H22F4N2O3. The summed E-state index contributed by atoms with van der Waals surface area (Å²) >= 11 is 0. The van der Waals surface area contributed by atoms with Crippen molar-refractivity contribution >= 4 is 12.3 Å². The molecule has 1 aliphatic rings. The van der Waals surface area contributed by atoms with Gasteiger partial charge in [-0.1, -0.05) is 36.4 Å². The van der Waals surface area contributed by atoms with E-state index in [-0.39, 0.29) is 23.1 Å². The lowest BCUT2D eigenvalue weighted by Crippen LogP contribution is -2.58. The zero-order valence-corrected chi connectivity index (χ0v) is 18.4. The van der Waals surface area contributed by atoms with Crippen LogP contribution >= 0.6 is 0 Å². The maximum Gasteiger partial charge on any atom is 0.315 e. The Kier molecular flexibility index (Phi) is 6.51. The van der Waals surface area contributed by atoms with Gasteiger partial charge in [0.15, 0.2) is 6.29 Å². The average molecular weight is 486 g/mol. The number of phenols is 1. The molecule has 1 saturated carbocycles. The maximum atomic E-state index is 14.4. The second-order valence-electron chi connectivity index (χ2n) is 8.68. The highest BCUT2D eigenvalue weighted by molar-refractivity contribution is 5.78. The predicted molar refractivity (Wildman–Crippen MR) is 120 cm³/mol. The van der Waals surface area contributed by atoms with Crippen LogP contribution in [0.25, 0.3) is 0 Å². The third-order valence-electron chi connectivity index (χ3n) is 6.06. The van der Waals surface area contributed by atoms with Gasteiger partial charge in [-0.05, 0) is 41.0 Å². The van der Waals surface area contributed by atoms with E-state index in [1.54, 1.807) is 30.3 Å². The van der Waals surface area contributed by atoms with E-state index in [0.29, 0.717) is 11.8 Å². The fourth-order valence-corrected chi connectivity index (χ4v) is 4.36. The lowest BCUT2D eigenvalue weighted by molar-refractivity contribution is -0.0897. The molecule has 1 fully saturated rings. The molecule has 0 heterocycles. The molecule has 0 aromatic heterocycles. The molecule has 0 unspecified atom stereocenters. The highest BCUT2D eigenvalue weighted by Gasteiger charge is 2.47. The quantitative estimate of drug-likeness (QED) is 0.323. The van der Waals surface area contributed by atoms with E-state index in [1.807, 2.05) is 0 Å². The number of carbonyl (C=O) groups excluding carboxylic acids is 2. The second kappa shape index (κ2) is 9.40. The van der Waals surface area contributed by atoms with Crippen molar-refractivity contribution in [2.24, 2.45) is 0 Å². The summed E-state index contributed by atoms with van der Waals surface area (Å²) in [7, 11) is 0. The van der Waals surface area contributed by atoms with E-state index in [4.69, 9.17) is 0 Å². The molecule has 1 aliphatic carbocycles. The summed E-state index contributed by atoms with van der Waals surface area (Å²) in [6.45, 7) is 0. The number of rotatable bonds is 7. The minimum Gasteiger partial charge on any atom is -0.508 e. The number of aromatic hydroxyl groups is 1. The summed E-state index contributed by atoms with van der Waals surface area (Å²) in [5, 5.41) is 15.4. The van der Waals surface area contributed by atoms with Gasteiger partial charge in [0.1, 0.15) is 17.4 Å². The molecule has 0 spiro atoms. The molecular weight excluding hydrogens is 464 g/mol. The summed E-state index contributed by atoms with van der Waals surface area (Å²) in [6, 6.07) is 14.0. The van der Waals surface area contributed by atoms with Crippen LogP contribution in [0.1, 0.15) is 39.9 Å². The lowest BCUT2D eigenvalue weighted by atomic mass is 9.77. The number of hydrogen-bond donors (Lipinski definition) is 3. The van der Waals surface area contributed by atoms with Gasteiger partial charge in [0.25, 0.3) is 5.92 Å². The van der Waals surface area contributed by atoms with E-state index in [9.17, 15) is 32.3 Å². The number of alkyl halides is 2. The van der Waals surface area contributed by atoms with Crippen LogP contribution in [0, 0.1) is 11.6 Å². The Morgan fingerprint density at radius 3 is 2.37 bits per heavy atom. The Hall–Kier alpha value is -3.88. The lowest BCUT2D eigenvalue weighted by Gasteiger charge is -2.39. The number of aldehydes is 1. The van der Waals surface area contributed by atoms with Crippen LogP contribution in [0.4, 0.5) is 22.4 Å². The molecule has 0 aliphatic heterocycles. The molecule has 0 saturated heterocycles. The molecule has 0 bridgehead atoms. The number of phenolic OH excluding ortho intramolecular Hbond substituents is 1.